The van der Waals surface area contributed by atoms with Crippen molar-refractivity contribution in [1.82, 2.24) is 19.9 Å². The molecule has 33 heavy (non-hydrogen) atoms. The lowest BCUT2D eigenvalue weighted by Crippen LogP contribution is -2.46. The summed E-state index contributed by atoms with van der Waals surface area (Å²) in [6, 6.07) is 11.0. The van der Waals surface area contributed by atoms with Gasteiger partial charge in [0.05, 0.1) is 23.2 Å². The maximum atomic E-state index is 14.2. The molecule has 0 N–H and O–H groups in total. The lowest BCUT2D eigenvalue weighted by Gasteiger charge is -2.36. The molecule has 0 bridgehead atoms. The number of aromatic nitrogens is 2. The molecule has 0 saturated carbocycles. The Kier molecular flexibility index (Phi) is 6.44. The largest absolute Gasteiger partial charge is 0.416 e. The summed E-state index contributed by atoms with van der Waals surface area (Å²) < 4.78 is 58.4. The molecule has 10 heteroatoms. The van der Waals surface area contributed by atoms with E-state index < -0.39 is 17.6 Å². The van der Waals surface area contributed by atoms with Crippen molar-refractivity contribution in [1.29, 1.82) is 5.26 Å². The third-order valence-corrected chi connectivity index (χ3v) is 5.78. The Morgan fingerprint density at radius 3 is 2.55 bits per heavy atom. The van der Waals surface area contributed by atoms with Crippen LogP contribution in [0.2, 0.25) is 0 Å². The van der Waals surface area contributed by atoms with Gasteiger partial charge in [0, 0.05) is 43.9 Å². The standard InChI is InChI=1S/C23H21F4N5O/c1-15(22-29-21(30-33-22)17-3-2-4-19(12-17)23(25,26)27)32-9-7-31(8-10-32)14-18-6-5-16(13-28)11-20(18)24/h2-6,11-12,15H,7-10,14H2,1H3. The van der Waals surface area contributed by atoms with Gasteiger partial charge in [-0.3, -0.25) is 9.80 Å². The Hall–Kier alpha value is -3.29. The average Bonchev–Trinajstić information content (AvgIpc) is 3.30. The third kappa shape index (κ3) is 5.21. The summed E-state index contributed by atoms with van der Waals surface area (Å²) in [6.07, 6.45) is -4.45. The minimum atomic E-state index is -4.45. The second-order valence-corrected chi connectivity index (χ2v) is 7.94. The van der Waals surface area contributed by atoms with Crippen LogP contribution in [0.15, 0.2) is 47.0 Å². The number of nitriles is 1. The lowest BCUT2D eigenvalue weighted by atomic mass is 10.1. The third-order valence-electron chi connectivity index (χ3n) is 5.78. The van der Waals surface area contributed by atoms with E-state index in [0.29, 0.717) is 49.7 Å². The summed E-state index contributed by atoms with van der Waals surface area (Å²) in [4.78, 5) is 8.57. The number of halogens is 4. The van der Waals surface area contributed by atoms with Crippen molar-refractivity contribution in [3.63, 3.8) is 0 Å². The molecule has 1 aliphatic rings. The normalized spacial score (nSPS) is 16.5. The molecule has 1 unspecified atom stereocenters. The van der Waals surface area contributed by atoms with Gasteiger partial charge in [-0.05, 0) is 31.2 Å². The number of rotatable bonds is 5. The van der Waals surface area contributed by atoms with Gasteiger partial charge in [-0.25, -0.2) is 4.39 Å². The zero-order valence-electron chi connectivity index (χ0n) is 17.8. The van der Waals surface area contributed by atoms with Crippen LogP contribution in [0.1, 0.15) is 35.5 Å². The van der Waals surface area contributed by atoms with E-state index in [4.69, 9.17) is 9.78 Å². The molecule has 1 aliphatic heterocycles. The molecule has 0 aliphatic carbocycles. The van der Waals surface area contributed by atoms with Crippen molar-refractivity contribution < 1.29 is 22.1 Å². The molecule has 2 aromatic carbocycles. The van der Waals surface area contributed by atoms with E-state index in [1.54, 1.807) is 12.1 Å². The molecule has 172 valence electrons. The molecular formula is C23H21F4N5O. The quantitative estimate of drug-likeness (QED) is 0.518. The first-order chi connectivity index (χ1) is 15.7. The van der Waals surface area contributed by atoms with Crippen LogP contribution in [-0.4, -0.2) is 46.1 Å². The molecule has 1 saturated heterocycles. The SMILES string of the molecule is CC(c1nc(-c2cccc(C(F)(F)F)c2)no1)N1CCN(Cc2ccc(C#N)cc2F)CC1. The fourth-order valence-corrected chi connectivity index (χ4v) is 3.81. The summed E-state index contributed by atoms with van der Waals surface area (Å²) in [5, 5.41) is 12.7. The summed E-state index contributed by atoms with van der Waals surface area (Å²) in [7, 11) is 0. The first-order valence-corrected chi connectivity index (χ1v) is 10.4. The van der Waals surface area contributed by atoms with Crippen LogP contribution in [0.3, 0.4) is 0 Å². The molecule has 6 nitrogen and oxygen atoms in total. The monoisotopic (exact) mass is 459 g/mol. The van der Waals surface area contributed by atoms with Gasteiger partial charge in [0.2, 0.25) is 11.7 Å². The van der Waals surface area contributed by atoms with Crippen molar-refractivity contribution in [3.05, 3.63) is 70.9 Å². The Labute approximate surface area is 188 Å². The second kappa shape index (κ2) is 9.29. The number of piperazine rings is 1. The maximum Gasteiger partial charge on any atom is 0.416 e. The van der Waals surface area contributed by atoms with Crippen LogP contribution in [-0.2, 0) is 12.7 Å². The van der Waals surface area contributed by atoms with E-state index in [-0.39, 0.29) is 17.4 Å². The van der Waals surface area contributed by atoms with Crippen LogP contribution >= 0.6 is 0 Å². The molecule has 1 atom stereocenters. The highest BCUT2D eigenvalue weighted by Gasteiger charge is 2.31. The zero-order chi connectivity index (χ0) is 23.6. The number of hydrogen-bond acceptors (Lipinski definition) is 6. The Morgan fingerprint density at radius 2 is 1.88 bits per heavy atom. The Morgan fingerprint density at radius 1 is 1.12 bits per heavy atom. The van der Waals surface area contributed by atoms with Crippen LogP contribution in [0.25, 0.3) is 11.4 Å². The van der Waals surface area contributed by atoms with Gasteiger partial charge in [0.15, 0.2) is 0 Å². The van der Waals surface area contributed by atoms with E-state index in [9.17, 15) is 17.6 Å². The molecule has 3 aromatic rings. The minimum absolute atomic E-state index is 0.109. The summed E-state index contributed by atoms with van der Waals surface area (Å²) in [5.74, 6) is 0.0460. The topological polar surface area (TPSA) is 69.2 Å². The van der Waals surface area contributed by atoms with E-state index in [1.165, 1.54) is 18.2 Å². The summed E-state index contributed by atoms with van der Waals surface area (Å²) in [5.41, 5.74) is 0.299. The van der Waals surface area contributed by atoms with Gasteiger partial charge >= 0.3 is 6.18 Å². The highest BCUT2D eigenvalue weighted by molar-refractivity contribution is 5.55. The predicted octanol–water partition coefficient (Wildman–Crippen LogP) is 4.64. The van der Waals surface area contributed by atoms with E-state index >= 15 is 0 Å². The van der Waals surface area contributed by atoms with Crippen molar-refractivity contribution in [2.45, 2.75) is 25.7 Å². The fourth-order valence-electron chi connectivity index (χ4n) is 3.81. The predicted molar refractivity (Wildman–Crippen MR) is 111 cm³/mol. The van der Waals surface area contributed by atoms with E-state index in [0.717, 1.165) is 12.1 Å². The van der Waals surface area contributed by atoms with Crippen molar-refractivity contribution in [2.24, 2.45) is 0 Å². The summed E-state index contributed by atoms with van der Waals surface area (Å²) >= 11 is 0. The number of hydrogen-bond donors (Lipinski definition) is 0. The van der Waals surface area contributed by atoms with Gasteiger partial charge in [-0.2, -0.15) is 23.4 Å². The smallest absolute Gasteiger partial charge is 0.337 e. The first kappa shape index (κ1) is 22.9. The molecule has 4 rings (SSSR count). The highest BCUT2D eigenvalue weighted by Crippen LogP contribution is 2.32. The molecule has 2 heterocycles. The van der Waals surface area contributed by atoms with Crippen LogP contribution in [0.4, 0.5) is 17.6 Å². The van der Waals surface area contributed by atoms with Crippen LogP contribution < -0.4 is 0 Å². The van der Waals surface area contributed by atoms with Crippen molar-refractivity contribution in [2.75, 3.05) is 26.2 Å². The molecule has 1 fully saturated rings. The van der Waals surface area contributed by atoms with Gasteiger partial charge in [0.25, 0.3) is 0 Å². The molecular weight excluding hydrogens is 438 g/mol. The number of benzene rings is 2. The first-order valence-electron chi connectivity index (χ1n) is 10.4. The Balaban J connectivity index is 1.37. The zero-order valence-corrected chi connectivity index (χ0v) is 17.8. The Bertz CT molecular complexity index is 1160. The molecule has 0 amide bonds. The van der Waals surface area contributed by atoms with Gasteiger partial charge in [-0.15, -0.1) is 0 Å². The second-order valence-electron chi connectivity index (χ2n) is 7.94. The minimum Gasteiger partial charge on any atom is -0.337 e. The average molecular weight is 459 g/mol. The lowest BCUT2D eigenvalue weighted by molar-refractivity contribution is -0.137. The maximum absolute atomic E-state index is 14.2. The molecule has 0 radical (unpaired) electrons. The van der Waals surface area contributed by atoms with E-state index in [2.05, 4.69) is 19.9 Å². The van der Waals surface area contributed by atoms with Gasteiger partial charge in [-0.1, -0.05) is 23.4 Å². The molecule has 0 spiro atoms. The highest BCUT2D eigenvalue weighted by atomic mass is 19.4. The number of nitrogens with zero attached hydrogens (tertiary/aromatic N) is 5. The van der Waals surface area contributed by atoms with Crippen molar-refractivity contribution in [3.8, 4) is 17.5 Å². The summed E-state index contributed by atoms with van der Waals surface area (Å²) in [6.45, 7) is 5.09. The van der Waals surface area contributed by atoms with E-state index in [1.807, 2.05) is 13.0 Å². The van der Waals surface area contributed by atoms with Crippen molar-refractivity contribution >= 4 is 0 Å². The molecule has 1 aromatic heterocycles. The van der Waals surface area contributed by atoms with Crippen LogP contribution in [0.5, 0.6) is 0 Å². The van der Waals surface area contributed by atoms with Gasteiger partial charge in [0.1, 0.15) is 5.82 Å². The van der Waals surface area contributed by atoms with Crippen LogP contribution in [0, 0.1) is 17.1 Å². The fraction of sp³-hybridized carbons (Fsp3) is 0.348. The van der Waals surface area contributed by atoms with Gasteiger partial charge < -0.3 is 4.52 Å². The number of alkyl halides is 3.